The molecular formula is C15H10Br2FN. The van der Waals surface area contributed by atoms with Gasteiger partial charge < -0.3 is 4.57 Å². The smallest absolute Gasteiger partial charge is 0.124 e. The third-order valence-corrected chi connectivity index (χ3v) is 4.32. The molecule has 3 aromatic rings. The van der Waals surface area contributed by atoms with Gasteiger partial charge in [0.05, 0.1) is 0 Å². The quantitative estimate of drug-likeness (QED) is 0.562. The molecule has 19 heavy (non-hydrogen) atoms. The summed E-state index contributed by atoms with van der Waals surface area (Å²) in [4.78, 5) is 0. The van der Waals surface area contributed by atoms with E-state index in [1.54, 1.807) is 0 Å². The van der Waals surface area contributed by atoms with Gasteiger partial charge in [0.2, 0.25) is 0 Å². The third kappa shape index (κ3) is 2.60. The van der Waals surface area contributed by atoms with Gasteiger partial charge in [-0.3, -0.25) is 0 Å². The molecule has 0 unspecified atom stereocenters. The molecule has 0 aliphatic rings. The molecule has 1 nitrogen and oxygen atoms in total. The van der Waals surface area contributed by atoms with E-state index in [-0.39, 0.29) is 5.82 Å². The van der Waals surface area contributed by atoms with E-state index in [1.165, 1.54) is 23.0 Å². The van der Waals surface area contributed by atoms with Crippen molar-refractivity contribution in [3.8, 4) is 0 Å². The van der Waals surface area contributed by atoms with Gasteiger partial charge in [-0.1, -0.05) is 37.9 Å². The second kappa shape index (κ2) is 5.10. The minimum Gasteiger partial charge on any atom is -0.343 e. The van der Waals surface area contributed by atoms with Crippen molar-refractivity contribution >= 4 is 42.8 Å². The van der Waals surface area contributed by atoms with E-state index in [9.17, 15) is 4.39 Å². The van der Waals surface area contributed by atoms with E-state index >= 15 is 0 Å². The van der Waals surface area contributed by atoms with Crippen LogP contribution in [-0.4, -0.2) is 4.57 Å². The van der Waals surface area contributed by atoms with Gasteiger partial charge in [0.25, 0.3) is 0 Å². The fourth-order valence-corrected chi connectivity index (χ4v) is 3.00. The molecule has 1 heterocycles. The maximum atomic E-state index is 13.1. The number of aromatic nitrogens is 1. The topological polar surface area (TPSA) is 4.93 Å². The fourth-order valence-electron chi connectivity index (χ4n) is 2.14. The van der Waals surface area contributed by atoms with Gasteiger partial charge in [-0.25, -0.2) is 4.39 Å². The molecule has 96 valence electrons. The van der Waals surface area contributed by atoms with Gasteiger partial charge in [-0.2, -0.15) is 0 Å². The number of halogens is 3. The maximum absolute atomic E-state index is 13.1. The first-order valence-corrected chi connectivity index (χ1v) is 7.40. The van der Waals surface area contributed by atoms with Crippen LogP contribution in [0, 0.1) is 5.82 Å². The summed E-state index contributed by atoms with van der Waals surface area (Å²) in [6, 6.07) is 13.1. The molecular weight excluding hydrogens is 373 g/mol. The molecule has 0 fully saturated rings. The maximum Gasteiger partial charge on any atom is 0.124 e. The minimum absolute atomic E-state index is 0.225. The number of rotatable bonds is 2. The van der Waals surface area contributed by atoms with Crippen molar-refractivity contribution in [3.63, 3.8) is 0 Å². The Morgan fingerprint density at radius 3 is 2.63 bits per heavy atom. The summed E-state index contributed by atoms with van der Waals surface area (Å²) in [7, 11) is 0. The molecule has 0 saturated carbocycles. The Morgan fingerprint density at radius 1 is 1.00 bits per heavy atom. The zero-order chi connectivity index (χ0) is 13.4. The van der Waals surface area contributed by atoms with E-state index in [0.717, 1.165) is 14.5 Å². The van der Waals surface area contributed by atoms with E-state index < -0.39 is 0 Å². The van der Waals surface area contributed by atoms with Crippen molar-refractivity contribution < 1.29 is 4.39 Å². The first-order valence-electron chi connectivity index (χ1n) is 5.82. The van der Waals surface area contributed by atoms with Gasteiger partial charge in [0.15, 0.2) is 0 Å². The van der Waals surface area contributed by atoms with Crippen LogP contribution in [0.5, 0.6) is 0 Å². The lowest BCUT2D eigenvalue weighted by Gasteiger charge is -2.08. The first kappa shape index (κ1) is 12.9. The van der Waals surface area contributed by atoms with Crippen LogP contribution in [0.15, 0.2) is 57.6 Å². The number of hydrogen-bond acceptors (Lipinski definition) is 0. The monoisotopic (exact) mass is 381 g/mol. The predicted octanol–water partition coefficient (Wildman–Crippen LogP) is 5.35. The van der Waals surface area contributed by atoms with Gasteiger partial charge in [0.1, 0.15) is 5.82 Å². The van der Waals surface area contributed by atoms with Crippen molar-refractivity contribution in [2.24, 2.45) is 0 Å². The molecule has 0 atom stereocenters. The predicted molar refractivity (Wildman–Crippen MR) is 82.8 cm³/mol. The number of hydrogen-bond donors (Lipinski definition) is 0. The fraction of sp³-hybridized carbons (Fsp3) is 0.0667. The summed E-state index contributed by atoms with van der Waals surface area (Å²) in [5.41, 5.74) is 2.22. The molecule has 0 radical (unpaired) electrons. The van der Waals surface area contributed by atoms with Crippen molar-refractivity contribution in [3.05, 3.63) is 69.0 Å². The largest absolute Gasteiger partial charge is 0.343 e. The highest BCUT2D eigenvalue weighted by Gasteiger charge is 2.05. The number of nitrogens with zero attached hydrogens (tertiary/aromatic N) is 1. The van der Waals surface area contributed by atoms with Crippen LogP contribution in [0.2, 0.25) is 0 Å². The van der Waals surface area contributed by atoms with E-state index in [4.69, 9.17) is 0 Å². The summed E-state index contributed by atoms with van der Waals surface area (Å²) in [6.45, 7) is 0.714. The molecule has 0 N–H and O–H groups in total. The Hall–Kier alpha value is -1.13. The molecule has 1 aromatic heterocycles. The van der Waals surface area contributed by atoms with Crippen LogP contribution < -0.4 is 0 Å². The van der Waals surface area contributed by atoms with Gasteiger partial charge in [0, 0.05) is 32.6 Å². The van der Waals surface area contributed by atoms with Gasteiger partial charge >= 0.3 is 0 Å². The first-order chi connectivity index (χ1) is 9.13. The number of benzene rings is 2. The lowest BCUT2D eigenvalue weighted by molar-refractivity contribution is 0.625. The zero-order valence-electron chi connectivity index (χ0n) is 9.91. The minimum atomic E-state index is -0.225. The van der Waals surface area contributed by atoms with Crippen molar-refractivity contribution in [1.82, 2.24) is 4.57 Å². The van der Waals surface area contributed by atoms with Crippen molar-refractivity contribution in [2.45, 2.75) is 6.54 Å². The summed E-state index contributed by atoms with van der Waals surface area (Å²) in [5.74, 6) is -0.225. The van der Waals surface area contributed by atoms with Crippen molar-refractivity contribution in [2.75, 3.05) is 0 Å². The van der Waals surface area contributed by atoms with Crippen LogP contribution in [0.3, 0.4) is 0 Å². The highest BCUT2D eigenvalue weighted by atomic mass is 79.9. The third-order valence-electron chi connectivity index (χ3n) is 3.09. The average molecular weight is 383 g/mol. The van der Waals surface area contributed by atoms with E-state index in [1.807, 2.05) is 18.3 Å². The summed E-state index contributed by atoms with van der Waals surface area (Å²) in [5, 5.41) is 1.19. The van der Waals surface area contributed by atoms with Crippen LogP contribution >= 0.6 is 31.9 Å². The second-order valence-electron chi connectivity index (χ2n) is 4.38. The summed E-state index contributed by atoms with van der Waals surface area (Å²) in [6.07, 6.45) is 2.05. The summed E-state index contributed by atoms with van der Waals surface area (Å²) >= 11 is 6.88. The molecule has 0 amide bonds. The summed E-state index contributed by atoms with van der Waals surface area (Å²) < 4.78 is 17.1. The SMILES string of the molecule is Fc1ccc(Cn2ccc3cc(Br)ccc32)c(Br)c1. The normalized spacial score (nSPS) is 11.1. The molecule has 0 bridgehead atoms. The van der Waals surface area contributed by atoms with E-state index in [2.05, 4.69) is 54.6 Å². The molecule has 0 spiro atoms. The Labute approximate surface area is 127 Å². The molecule has 0 saturated heterocycles. The Bertz CT molecular complexity index is 749. The lowest BCUT2D eigenvalue weighted by atomic mass is 10.2. The second-order valence-corrected chi connectivity index (χ2v) is 6.15. The average Bonchev–Trinajstić information content (AvgIpc) is 2.75. The Kier molecular flexibility index (Phi) is 3.46. The Balaban J connectivity index is 2.01. The standard InChI is InChI=1S/C15H10Br2FN/c16-12-2-4-15-10(7-12)5-6-19(15)9-11-1-3-13(18)8-14(11)17/h1-8H,9H2. The number of fused-ring (bicyclic) bond motifs is 1. The van der Waals surface area contributed by atoms with Crippen LogP contribution in [0.25, 0.3) is 10.9 Å². The molecule has 3 rings (SSSR count). The van der Waals surface area contributed by atoms with Gasteiger partial charge in [-0.05, 0) is 42.0 Å². The van der Waals surface area contributed by atoms with E-state index in [0.29, 0.717) is 6.54 Å². The molecule has 0 aliphatic carbocycles. The van der Waals surface area contributed by atoms with Crippen molar-refractivity contribution in [1.29, 1.82) is 0 Å². The zero-order valence-corrected chi connectivity index (χ0v) is 13.1. The van der Waals surface area contributed by atoms with Crippen LogP contribution in [0.4, 0.5) is 4.39 Å². The highest BCUT2D eigenvalue weighted by molar-refractivity contribution is 9.10. The van der Waals surface area contributed by atoms with Gasteiger partial charge in [-0.15, -0.1) is 0 Å². The Morgan fingerprint density at radius 2 is 1.84 bits per heavy atom. The van der Waals surface area contributed by atoms with Crippen LogP contribution in [0.1, 0.15) is 5.56 Å². The molecule has 2 aromatic carbocycles. The lowest BCUT2D eigenvalue weighted by Crippen LogP contribution is -1.99. The molecule has 4 heteroatoms. The molecule has 0 aliphatic heterocycles. The highest BCUT2D eigenvalue weighted by Crippen LogP contribution is 2.24. The van der Waals surface area contributed by atoms with Crippen LogP contribution in [-0.2, 0) is 6.54 Å².